The lowest BCUT2D eigenvalue weighted by Gasteiger charge is -2.33. The second-order valence-corrected chi connectivity index (χ2v) is 6.40. The van der Waals surface area contributed by atoms with Crippen LogP contribution in [0.4, 0.5) is 0 Å². The van der Waals surface area contributed by atoms with Crippen molar-refractivity contribution in [2.45, 2.75) is 38.8 Å². The van der Waals surface area contributed by atoms with Crippen molar-refractivity contribution >= 4 is 17.2 Å². The average Bonchev–Trinajstić information content (AvgIpc) is 2.86. The van der Waals surface area contributed by atoms with Gasteiger partial charge < -0.3 is 10.4 Å². The second-order valence-electron chi connectivity index (χ2n) is 5.46. The molecule has 1 aliphatic rings. The van der Waals surface area contributed by atoms with E-state index in [-0.39, 0.29) is 12.0 Å². The maximum absolute atomic E-state index is 11.3. The van der Waals surface area contributed by atoms with Crippen LogP contribution in [0.2, 0.25) is 0 Å². The summed E-state index contributed by atoms with van der Waals surface area (Å²) in [5.74, 6) is 0.366. The third-order valence-electron chi connectivity index (χ3n) is 3.80. The van der Waals surface area contributed by atoms with Crippen LogP contribution in [0.1, 0.15) is 30.5 Å². The van der Waals surface area contributed by atoms with E-state index in [4.69, 9.17) is 0 Å². The molecule has 1 saturated heterocycles. The molecule has 1 fully saturated rings. The van der Waals surface area contributed by atoms with Crippen LogP contribution in [-0.2, 0) is 17.8 Å². The number of aromatic nitrogens is 1. The Hall–Kier alpha value is -0.980. The highest BCUT2D eigenvalue weighted by Crippen LogP contribution is 2.22. The lowest BCUT2D eigenvalue weighted by Crippen LogP contribution is -2.39. The zero-order valence-corrected chi connectivity index (χ0v) is 12.9. The molecule has 5 nitrogen and oxygen atoms in total. The Morgan fingerprint density at radius 2 is 2.50 bits per heavy atom. The van der Waals surface area contributed by atoms with Crippen LogP contribution in [0, 0.1) is 5.92 Å². The fourth-order valence-corrected chi connectivity index (χ4v) is 3.37. The number of carbonyl (C=O) groups excluding carboxylic acids is 1. The first kappa shape index (κ1) is 15.4. The van der Waals surface area contributed by atoms with Crippen LogP contribution in [0.3, 0.4) is 0 Å². The maximum atomic E-state index is 11.3. The van der Waals surface area contributed by atoms with Crippen molar-refractivity contribution in [3.63, 3.8) is 0 Å². The molecule has 2 rings (SSSR count). The Bertz CT molecular complexity index is 447. The van der Waals surface area contributed by atoms with Crippen LogP contribution in [0.15, 0.2) is 5.38 Å². The number of carbonyl (C=O) groups is 1. The van der Waals surface area contributed by atoms with Gasteiger partial charge in [0.05, 0.1) is 18.2 Å². The molecular formula is C14H23N3O2S. The number of nitrogens with one attached hydrogen (secondary N) is 1. The van der Waals surface area contributed by atoms with Crippen molar-refractivity contribution in [2.24, 2.45) is 5.92 Å². The standard InChI is InChI=1S/C14H23N3O2S/c1-10(18)11-4-3-5-17(7-11)8-12-9-20-14(16-12)6-13(19)15-2/h9-11,18H,3-8H2,1-2H3,(H,15,19). The average molecular weight is 297 g/mol. The van der Waals surface area contributed by atoms with Crippen LogP contribution >= 0.6 is 11.3 Å². The van der Waals surface area contributed by atoms with E-state index in [0.29, 0.717) is 12.3 Å². The number of likely N-dealkylation sites (tertiary alicyclic amines) is 1. The fourth-order valence-electron chi connectivity index (χ4n) is 2.59. The van der Waals surface area contributed by atoms with E-state index in [1.54, 1.807) is 18.4 Å². The molecule has 0 aromatic carbocycles. The molecule has 1 aliphatic heterocycles. The molecule has 0 spiro atoms. The van der Waals surface area contributed by atoms with Gasteiger partial charge in [0.2, 0.25) is 5.91 Å². The van der Waals surface area contributed by atoms with Crippen molar-refractivity contribution < 1.29 is 9.90 Å². The minimum Gasteiger partial charge on any atom is -0.393 e. The van der Waals surface area contributed by atoms with Crippen molar-refractivity contribution in [2.75, 3.05) is 20.1 Å². The van der Waals surface area contributed by atoms with Crippen molar-refractivity contribution in [1.82, 2.24) is 15.2 Å². The third kappa shape index (κ3) is 4.26. The number of aliphatic hydroxyl groups excluding tert-OH is 1. The van der Waals surface area contributed by atoms with Gasteiger partial charge in [-0.3, -0.25) is 9.69 Å². The highest BCUT2D eigenvalue weighted by atomic mass is 32.1. The van der Waals surface area contributed by atoms with Gasteiger partial charge in [0.1, 0.15) is 5.01 Å². The predicted octanol–water partition coefficient (Wildman–Crippen LogP) is 1.02. The van der Waals surface area contributed by atoms with Gasteiger partial charge in [-0.25, -0.2) is 4.98 Å². The summed E-state index contributed by atoms with van der Waals surface area (Å²) in [6.07, 6.45) is 2.35. The summed E-state index contributed by atoms with van der Waals surface area (Å²) in [5, 5.41) is 15.2. The SMILES string of the molecule is CNC(=O)Cc1nc(CN2CCCC(C(C)O)C2)cs1. The quantitative estimate of drug-likeness (QED) is 0.852. The van der Waals surface area contributed by atoms with Crippen LogP contribution in [0.25, 0.3) is 0 Å². The van der Waals surface area contributed by atoms with E-state index in [9.17, 15) is 9.90 Å². The lowest BCUT2D eigenvalue weighted by molar-refractivity contribution is -0.119. The van der Waals surface area contributed by atoms with E-state index in [1.807, 2.05) is 12.3 Å². The Morgan fingerprint density at radius 3 is 3.20 bits per heavy atom. The monoisotopic (exact) mass is 297 g/mol. The Kier molecular flexibility index (Phi) is 5.51. The molecule has 2 unspecified atom stereocenters. The van der Waals surface area contributed by atoms with Crippen molar-refractivity contribution in [1.29, 1.82) is 0 Å². The van der Waals surface area contributed by atoms with Crippen LogP contribution in [-0.4, -0.2) is 47.1 Å². The summed E-state index contributed by atoms with van der Waals surface area (Å²) in [6, 6.07) is 0. The summed E-state index contributed by atoms with van der Waals surface area (Å²) in [7, 11) is 1.64. The molecule has 112 valence electrons. The van der Waals surface area contributed by atoms with Crippen LogP contribution in [0.5, 0.6) is 0 Å². The lowest BCUT2D eigenvalue weighted by atomic mass is 9.93. The van der Waals surface area contributed by atoms with Gasteiger partial charge in [0.25, 0.3) is 0 Å². The second kappa shape index (κ2) is 7.15. The third-order valence-corrected chi connectivity index (χ3v) is 4.70. The Labute approximate surface area is 124 Å². The topological polar surface area (TPSA) is 65.5 Å². The molecule has 0 bridgehead atoms. The van der Waals surface area contributed by atoms with Gasteiger partial charge in [-0.1, -0.05) is 0 Å². The Morgan fingerprint density at radius 1 is 1.70 bits per heavy atom. The van der Waals surface area contributed by atoms with E-state index >= 15 is 0 Å². The van der Waals surface area contributed by atoms with Gasteiger partial charge in [-0.15, -0.1) is 11.3 Å². The number of hydrogen-bond donors (Lipinski definition) is 2. The molecule has 2 heterocycles. The molecular weight excluding hydrogens is 274 g/mol. The molecule has 6 heteroatoms. The molecule has 1 aromatic rings. The first-order chi connectivity index (χ1) is 9.58. The highest BCUT2D eigenvalue weighted by Gasteiger charge is 2.23. The molecule has 0 saturated carbocycles. The summed E-state index contributed by atoms with van der Waals surface area (Å²) in [4.78, 5) is 18.2. The summed E-state index contributed by atoms with van der Waals surface area (Å²) < 4.78 is 0. The number of aliphatic hydroxyl groups is 1. The van der Waals surface area contributed by atoms with Crippen molar-refractivity contribution in [3.8, 4) is 0 Å². The van der Waals surface area contributed by atoms with E-state index in [2.05, 4.69) is 15.2 Å². The molecule has 2 N–H and O–H groups in total. The number of hydrogen-bond acceptors (Lipinski definition) is 5. The summed E-state index contributed by atoms with van der Waals surface area (Å²) in [6.45, 7) is 4.68. The molecule has 2 atom stereocenters. The molecule has 0 radical (unpaired) electrons. The van der Waals surface area contributed by atoms with Gasteiger partial charge in [0, 0.05) is 25.5 Å². The normalized spacial score (nSPS) is 21.6. The minimum atomic E-state index is -0.239. The van der Waals surface area contributed by atoms with Gasteiger partial charge in [-0.05, 0) is 32.2 Å². The van der Waals surface area contributed by atoms with Gasteiger partial charge in [-0.2, -0.15) is 0 Å². The zero-order valence-electron chi connectivity index (χ0n) is 12.1. The van der Waals surface area contributed by atoms with Gasteiger partial charge in [0.15, 0.2) is 0 Å². The number of thiazole rings is 1. The van der Waals surface area contributed by atoms with Crippen molar-refractivity contribution in [3.05, 3.63) is 16.1 Å². The minimum absolute atomic E-state index is 0.00181. The number of nitrogens with zero attached hydrogens (tertiary/aromatic N) is 2. The molecule has 20 heavy (non-hydrogen) atoms. The van der Waals surface area contributed by atoms with Crippen LogP contribution < -0.4 is 5.32 Å². The summed E-state index contributed by atoms with van der Waals surface area (Å²) in [5.41, 5.74) is 1.03. The zero-order chi connectivity index (χ0) is 14.5. The number of likely N-dealkylation sites (N-methyl/N-ethyl adjacent to an activating group) is 1. The number of piperidine rings is 1. The van der Waals surface area contributed by atoms with E-state index < -0.39 is 0 Å². The first-order valence-electron chi connectivity index (χ1n) is 7.12. The maximum Gasteiger partial charge on any atom is 0.226 e. The number of rotatable bonds is 5. The van der Waals surface area contributed by atoms with E-state index in [0.717, 1.165) is 43.2 Å². The highest BCUT2D eigenvalue weighted by molar-refractivity contribution is 7.09. The van der Waals surface area contributed by atoms with Gasteiger partial charge >= 0.3 is 0 Å². The number of amides is 1. The summed E-state index contributed by atoms with van der Waals surface area (Å²) >= 11 is 1.54. The Balaban J connectivity index is 1.88. The molecule has 0 aliphatic carbocycles. The molecule has 1 amide bonds. The van der Waals surface area contributed by atoms with E-state index in [1.165, 1.54) is 0 Å². The molecule has 1 aromatic heterocycles. The first-order valence-corrected chi connectivity index (χ1v) is 8.00. The smallest absolute Gasteiger partial charge is 0.226 e. The predicted molar refractivity (Wildman–Crippen MR) is 79.6 cm³/mol. The largest absolute Gasteiger partial charge is 0.393 e. The fraction of sp³-hybridized carbons (Fsp3) is 0.714.